The molecule has 0 aliphatic rings. The Bertz CT molecular complexity index is 488. The molecule has 0 aliphatic heterocycles. The molecule has 0 saturated heterocycles. The van der Waals surface area contributed by atoms with Crippen molar-refractivity contribution in [3.63, 3.8) is 0 Å². The molecular formula is C16H17BrO. The van der Waals surface area contributed by atoms with E-state index in [1.165, 1.54) is 5.56 Å². The Labute approximate surface area is 117 Å². The van der Waals surface area contributed by atoms with Gasteiger partial charge in [-0.15, -0.1) is 0 Å². The largest absolute Gasteiger partial charge is 0.388 e. The van der Waals surface area contributed by atoms with Crippen LogP contribution in [-0.4, -0.2) is 5.11 Å². The minimum Gasteiger partial charge on any atom is -0.388 e. The summed E-state index contributed by atoms with van der Waals surface area (Å²) < 4.78 is 1.06. The Morgan fingerprint density at radius 3 is 2.06 bits per heavy atom. The normalized spacial score (nSPS) is 12.4. The van der Waals surface area contributed by atoms with Gasteiger partial charge in [0.15, 0.2) is 0 Å². The molecule has 1 nitrogen and oxygen atoms in total. The fraction of sp³-hybridized carbons (Fsp3) is 0.250. The van der Waals surface area contributed by atoms with Crippen molar-refractivity contribution in [1.29, 1.82) is 0 Å². The first kappa shape index (κ1) is 13.3. The lowest BCUT2D eigenvalue weighted by Gasteiger charge is -2.11. The van der Waals surface area contributed by atoms with Gasteiger partial charge in [0.1, 0.15) is 0 Å². The van der Waals surface area contributed by atoms with Crippen LogP contribution in [0.15, 0.2) is 53.0 Å². The molecule has 0 spiro atoms. The first-order chi connectivity index (χ1) is 8.69. The second kappa shape index (κ2) is 6.17. The first-order valence-electron chi connectivity index (χ1n) is 6.20. The van der Waals surface area contributed by atoms with Gasteiger partial charge in [-0.05, 0) is 35.2 Å². The predicted molar refractivity (Wildman–Crippen MR) is 78.6 cm³/mol. The van der Waals surface area contributed by atoms with Crippen molar-refractivity contribution < 1.29 is 5.11 Å². The van der Waals surface area contributed by atoms with Crippen LogP contribution < -0.4 is 0 Å². The number of hydrogen-bond acceptors (Lipinski definition) is 1. The van der Waals surface area contributed by atoms with Crippen LogP contribution in [0.4, 0.5) is 0 Å². The van der Waals surface area contributed by atoms with Gasteiger partial charge in [0.05, 0.1) is 6.10 Å². The Hall–Kier alpha value is -1.12. The van der Waals surface area contributed by atoms with Crippen LogP contribution in [0.5, 0.6) is 0 Å². The van der Waals surface area contributed by atoms with Gasteiger partial charge in [-0.25, -0.2) is 0 Å². The van der Waals surface area contributed by atoms with Gasteiger partial charge in [-0.1, -0.05) is 59.3 Å². The van der Waals surface area contributed by atoms with Crippen molar-refractivity contribution in [2.45, 2.75) is 25.9 Å². The number of halogens is 1. The molecule has 0 fully saturated rings. The predicted octanol–water partition coefficient (Wildman–Crippen LogP) is 4.29. The zero-order chi connectivity index (χ0) is 13.0. The van der Waals surface area contributed by atoms with Crippen molar-refractivity contribution in [2.75, 3.05) is 0 Å². The van der Waals surface area contributed by atoms with Crippen molar-refractivity contribution in [2.24, 2.45) is 0 Å². The van der Waals surface area contributed by atoms with Gasteiger partial charge < -0.3 is 5.11 Å². The molecule has 0 aliphatic carbocycles. The maximum absolute atomic E-state index is 10.2. The van der Waals surface area contributed by atoms with Gasteiger partial charge in [0.25, 0.3) is 0 Å². The third-order valence-electron chi connectivity index (χ3n) is 3.12. The summed E-state index contributed by atoms with van der Waals surface area (Å²) in [5.74, 6) is 0. The maximum atomic E-state index is 10.2. The van der Waals surface area contributed by atoms with E-state index in [9.17, 15) is 5.11 Å². The average Bonchev–Trinajstić information content (AvgIpc) is 2.41. The molecule has 18 heavy (non-hydrogen) atoms. The highest BCUT2D eigenvalue weighted by atomic mass is 79.9. The quantitative estimate of drug-likeness (QED) is 0.893. The highest BCUT2D eigenvalue weighted by Crippen LogP contribution is 2.20. The first-order valence-corrected chi connectivity index (χ1v) is 6.99. The fourth-order valence-electron chi connectivity index (χ4n) is 1.94. The molecule has 0 amide bonds. The summed E-state index contributed by atoms with van der Waals surface area (Å²) in [5, 5.41) is 10.2. The monoisotopic (exact) mass is 304 g/mol. The topological polar surface area (TPSA) is 20.2 Å². The molecule has 1 unspecified atom stereocenters. The molecule has 2 rings (SSSR count). The van der Waals surface area contributed by atoms with Crippen molar-refractivity contribution in [3.8, 4) is 0 Å². The summed E-state index contributed by atoms with van der Waals surface area (Å²) >= 11 is 3.41. The number of hydrogen-bond donors (Lipinski definition) is 1. The minimum atomic E-state index is -0.433. The lowest BCUT2D eigenvalue weighted by Crippen LogP contribution is -2.01. The summed E-state index contributed by atoms with van der Waals surface area (Å²) in [6, 6.07) is 16.3. The number of rotatable bonds is 4. The van der Waals surface area contributed by atoms with E-state index in [0.717, 1.165) is 22.0 Å². The Morgan fingerprint density at radius 1 is 0.944 bits per heavy atom. The lowest BCUT2D eigenvalue weighted by molar-refractivity contribution is 0.178. The Kier molecular flexibility index (Phi) is 4.56. The molecule has 2 aromatic carbocycles. The SMILES string of the molecule is CCc1ccc(C(O)Cc2ccc(Br)cc2)cc1. The zero-order valence-corrected chi connectivity index (χ0v) is 12.0. The van der Waals surface area contributed by atoms with Gasteiger partial charge in [-0.3, -0.25) is 0 Å². The van der Waals surface area contributed by atoms with Gasteiger partial charge in [0, 0.05) is 10.9 Å². The smallest absolute Gasteiger partial charge is 0.0830 e. The third kappa shape index (κ3) is 3.44. The third-order valence-corrected chi connectivity index (χ3v) is 3.64. The van der Waals surface area contributed by atoms with Crippen LogP contribution in [0.2, 0.25) is 0 Å². The average molecular weight is 305 g/mol. The van der Waals surface area contributed by atoms with E-state index in [1.54, 1.807) is 0 Å². The number of aliphatic hydroxyl groups is 1. The summed E-state index contributed by atoms with van der Waals surface area (Å²) in [5.41, 5.74) is 3.43. The van der Waals surface area contributed by atoms with E-state index in [1.807, 2.05) is 36.4 Å². The molecule has 0 aromatic heterocycles. The second-order valence-electron chi connectivity index (χ2n) is 4.44. The van der Waals surface area contributed by atoms with Crippen molar-refractivity contribution in [1.82, 2.24) is 0 Å². The molecule has 2 heteroatoms. The second-order valence-corrected chi connectivity index (χ2v) is 5.36. The molecule has 1 atom stereocenters. The van der Waals surface area contributed by atoms with E-state index >= 15 is 0 Å². The number of benzene rings is 2. The molecule has 0 heterocycles. The number of aryl methyl sites for hydroxylation is 1. The van der Waals surface area contributed by atoms with Gasteiger partial charge in [0.2, 0.25) is 0 Å². The van der Waals surface area contributed by atoms with E-state index < -0.39 is 6.10 Å². The molecular weight excluding hydrogens is 288 g/mol. The van der Waals surface area contributed by atoms with Crippen LogP contribution in [0.3, 0.4) is 0 Å². The highest BCUT2D eigenvalue weighted by molar-refractivity contribution is 9.10. The molecule has 94 valence electrons. The summed E-state index contributed by atoms with van der Waals surface area (Å²) in [6.07, 6.45) is 1.25. The summed E-state index contributed by atoms with van der Waals surface area (Å²) in [4.78, 5) is 0. The number of aliphatic hydroxyl groups excluding tert-OH is 1. The lowest BCUT2D eigenvalue weighted by atomic mass is 10.00. The van der Waals surface area contributed by atoms with E-state index in [2.05, 4.69) is 35.0 Å². The highest BCUT2D eigenvalue weighted by Gasteiger charge is 2.08. The van der Waals surface area contributed by atoms with Gasteiger partial charge in [-0.2, -0.15) is 0 Å². The molecule has 0 bridgehead atoms. The van der Waals surface area contributed by atoms with E-state index in [4.69, 9.17) is 0 Å². The van der Waals surface area contributed by atoms with Crippen molar-refractivity contribution in [3.05, 3.63) is 69.7 Å². The molecule has 1 N–H and O–H groups in total. The van der Waals surface area contributed by atoms with Crippen LogP contribution >= 0.6 is 15.9 Å². The fourth-order valence-corrected chi connectivity index (χ4v) is 2.20. The van der Waals surface area contributed by atoms with E-state index in [0.29, 0.717) is 6.42 Å². The minimum absolute atomic E-state index is 0.433. The molecule has 0 radical (unpaired) electrons. The van der Waals surface area contributed by atoms with Gasteiger partial charge >= 0.3 is 0 Å². The maximum Gasteiger partial charge on any atom is 0.0830 e. The van der Waals surface area contributed by atoms with Crippen molar-refractivity contribution >= 4 is 15.9 Å². The Morgan fingerprint density at radius 2 is 1.50 bits per heavy atom. The zero-order valence-electron chi connectivity index (χ0n) is 10.4. The van der Waals surface area contributed by atoms with Crippen LogP contribution in [-0.2, 0) is 12.8 Å². The van der Waals surface area contributed by atoms with Crippen LogP contribution in [0.25, 0.3) is 0 Å². The molecule has 2 aromatic rings. The van der Waals surface area contributed by atoms with Crippen LogP contribution in [0.1, 0.15) is 29.7 Å². The Balaban J connectivity index is 2.06. The standard InChI is InChI=1S/C16H17BrO/c1-2-12-3-7-14(8-4-12)16(18)11-13-5-9-15(17)10-6-13/h3-10,16,18H,2,11H2,1H3. The summed E-state index contributed by atoms with van der Waals surface area (Å²) in [6.45, 7) is 2.13. The molecule has 0 saturated carbocycles. The van der Waals surface area contributed by atoms with Crippen LogP contribution in [0, 0.1) is 0 Å². The van der Waals surface area contributed by atoms with E-state index in [-0.39, 0.29) is 0 Å². The summed E-state index contributed by atoms with van der Waals surface area (Å²) in [7, 11) is 0.